The number of nitrogens with zero attached hydrogens (tertiary/aromatic N) is 1. The average molecular weight is 442 g/mol. The Morgan fingerprint density at radius 2 is 1.52 bits per heavy atom. The van der Waals surface area contributed by atoms with Crippen molar-refractivity contribution < 1.29 is 19.5 Å². The first-order valence-electron chi connectivity index (χ1n) is 11.5. The second-order valence-corrected chi connectivity index (χ2v) is 8.86. The minimum Gasteiger partial charge on any atom is -0.478 e. The molecule has 7 heteroatoms. The third-order valence-electron chi connectivity index (χ3n) is 4.90. The lowest BCUT2D eigenvalue weighted by atomic mass is 9.89. The molecule has 182 valence electrons. The number of carbonyl (C=O) groups is 3. The van der Waals surface area contributed by atoms with Gasteiger partial charge in [-0.05, 0) is 46.0 Å². The predicted molar refractivity (Wildman–Crippen MR) is 128 cm³/mol. The summed E-state index contributed by atoms with van der Waals surface area (Å²) >= 11 is 0. The predicted octanol–water partition coefficient (Wildman–Crippen LogP) is 3.98. The normalized spacial score (nSPS) is 12.8. The molecule has 0 aliphatic carbocycles. The van der Waals surface area contributed by atoms with Crippen molar-refractivity contribution in [3.63, 3.8) is 0 Å². The molecule has 1 unspecified atom stereocenters. The fraction of sp³-hybridized carbons (Fsp3) is 0.792. The van der Waals surface area contributed by atoms with Gasteiger partial charge in [0.05, 0.1) is 5.54 Å². The first-order chi connectivity index (χ1) is 14.3. The Kier molecular flexibility index (Phi) is 16.0. The Balaban J connectivity index is 0. The SMILES string of the molecule is CCC.CCC(CC)(NC(C)C)C(=O)NC(CC(C)C)C(=O)N(C)C/C=C(\C)C(=O)O. The number of likely N-dealkylation sites (N-methyl/N-ethyl adjacent to an activating group) is 1. The molecule has 0 aromatic heterocycles. The molecule has 0 saturated heterocycles. The Bertz CT molecular complexity index is 581. The van der Waals surface area contributed by atoms with Crippen molar-refractivity contribution in [1.82, 2.24) is 15.5 Å². The molecular formula is C24H47N3O4. The van der Waals surface area contributed by atoms with Crippen LogP contribution in [0.2, 0.25) is 0 Å². The molecule has 7 nitrogen and oxygen atoms in total. The summed E-state index contributed by atoms with van der Waals surface area (Å²) in [4.78, 5) is 38.4. The molecule has 0 heterocycles. The van der Waals surface area contributed by atoms with E-state index in [0.29, 0.717) is 19.3 Å². The quantitative estimate of drug-likeness (QED) is 0.398. The second-order valence-electron chi connectivity index (χ2n) is 8.86. The molecule has 1 atom stereocenters. The van der Waals surface area contributed by atoms with Crippen LogP contribution < -0.4 is 10.6 Å². The fourth-order valence-corrected chi connectivity index (χ4v) is 3.10. The molecule has 3 N–H and O–H groups in total. The second kappa shape index (κ2) is 15.8. The van der Waals surface area contributed by atoms with Crippen molar-refractivity contribution in [2.45, 2.75) is 106 Å². The molecule has 0 aromatic carbocycles. The van der Waals surface area contributed by atoms with Crippen molar-refractivity contribution in [3.05, 3.63) is 11.6 Å². The van der Waals surface area contributed by atoms with Crippen LogP contribution in [0.5, 0.6) is 0 Å². The molecule has 0 bridgehead atoms. The van der Waals surface area contributed by atoms with Crippen LogP contribution in [0.3, 0.4) is 0 Å². The van der Waals surface area contributed by atoms with Crippen LogP contribution in [0.4, 0.5) is 0 Å². The van der Waals surface area contributed by atoms with E-state index in [1.165, 1.54) is 24.3 Å². The number of hydrogen-bond acceptors (Lipinski definition) is 4. The average Bonchev–Trinajstić information content (AvgIpc) is 2.68. The molecule has 0 saturated carbocycles. The molecule has 31 heavy (non-hydrogen) atoms. The number of amides is 2. The van der Waals surface area contributed by atoms with Gasteiger partial charge in [0.1, 0.15) is 6.04 Å². The third kappa shape index (κ3) is 11.9. The minimum atomic E-state index is -1.01. The van der Waals surface area contributed by atoms with Crippen LogP contribution in [-0.4, -0.2) is 59.0 Å². The summed E-state index contributed by atoms with van der Waals surface area (Å²) in [6, 6.07) is -0.515. The first-order valence-corrected chi connectivity index (χ1v) is 11.5. The summed E-state index contributed by atoms with van der Waals surface area (Å²) < 4.78 is 0. The summed E-state index contributed by atoms with van der Waals surface area (Å²) in [7, 11) is 1.62. The van der Waals surface area contributed by atoms with Gasteiger partial charge in [0.15, 0.2) is 0 Å². The van der Waals surface area contributed by atoms with Gasteiger partial charge in [0, 0.05) is 25.2 Å². The number of carboxylic acids is 1. The van der Waals surface area contributed by atoms with Crippen LogP contribution in [-0.2, 0) is 14.4 Å². The molecule has 0 radical (unpaired) electrons. The van der Waals surface area contributed by atoms with E-state index in [0.717, 1.165) is 0 Å². The largest absolute Gasteiger partial charge is 0.478 e. The zero-order chi connectivity index (χ0) is 24.8. The van der Waals surface area contributed by atoms with E-state index in [-0.39, 0.29) is 35.9 Å². The molecule has 0 fully saturated rings. The van der Waals surface area contributed by atoms with Gasteiger partial charge in [-0.3, -0.25) is 9.59 Å². The monoisotopic (exact) mass is 441 g/mol. The minimum absolute atomic E-state index is 0.136. The van der Waals surface area contributed by atoms with Gasteiger partial charge in [0.25, 0.3) is 0 Å². The van der Waals surface area contributed by atoms with Crippen molar-refractivity contribution in [2.75, 3.05) is 13.6 Å². The Morgan fingerprint density at radius 1 is 1.03 bits per heavy atom. The Hall–Kier alpha value is -1.89. The van der Waals surface area contributed by atoms with Crippen LogP contribution in [0.15, 0.2) is 11.6 Å². The van der Waals surface area contributed by atoms with Crippen LogP contribution in [0, 0.1) is 5.92 Å². The van der Waals surface area contributed by atoms with Crippen molar-refractivity contribution >= 4 is 17.8 Å². The third-order valence-corrected chi connectivity index (χ3v) is 4.90. The number of carboxylic acid groups (broad SMARTS) is 1. The zero-order valence-electron chi connectivity index (χ0n) is 21.5. The number of aliphatic carboxylic acids is 1. The highest BCUT2D eigenvalue weighted by atomic mass is 16.4. The lowest BCUT2D eigenvalue weighted by Gasteiger charge is -2.35. The van der Waals surface area contributed by atoms with E-state index in [1.54, 1.807) is 7.05 Å². The van der Waals surface area contributed by atoms with E-state index in [2.05, 4.69) is 24.5 Å². The molecule has 0 rings (SSSR count). The maximum Gasteiger partial charge on any atom is 0.331 e. The number of hydrogen-bond donors (Lipinski definition) is 3. The van der Waals surface area contributed by atoms with E-state index in [4.69, 9.17) is 5.11 Å². The Labute approximate surface area is 190 Å². The lowest BCUT2D eigenvalue weighted by Crippen LogP contribution is -2.61. The molecule has 0 aliphatic heterocycles. The van der Waals surface area contributed by atoms with Crippen molar-refractivity contribution in [2.24, 2.45) is 5.92 Å². The highest BCUT2D eigenvalue weighted by molar-refractivity contribution is 5.92. The van der Waals surface area contributed by atoms with Gasteiger partial charge >= 0.3 is 5.97 Å². The van der Waals surface area contributed by atoms with Crippen LogP contribution >= 0.6 is 0 Å². The fourth-order valence-electron chi connectivity index (χ4n) is 3.10. The number of rotatable bonds is 12. The van der Waals surface area contributed by atoms with Crippen molar-refractivity contribution in [3.8, 4) is 0 Å². The van der Waals surface area contributed by atoms with Crippen LogP contribution in [0.1, 0.15) is 88.0 Å². The first kappa shape index (κ1) is 31.3. The van der Waals surface area contributed by atoms with Gasteiger partial charge in [0.2, 0.25) is 11.8 Å². The van der Waals surface area contributed by atoms with Gasteiger partial charge < -0.3 is 20.6 Å². The zero-order valence-corrected chi connectivity index (χ0v) is 21.5. The summed E-state index contributed by atoms with van der Waals surface area (Å²) in [6.45, 7) is 17.8. The summed E-state index contributed by atoms with van der Waals surface area (Å²) in [5, 5.41) is 15.3. The molecule has 0 aromatic rings. The van der Waals surface area contributed by atoms with Crippen LogP contribution in [0.25, 0.3) is 0 Å². The molecule has 0 spiro atoms. The highest BCUT2D eigenvalue weighted by Gasteiger charge is 2.37. The van der Waals surface area contributed by atoms with E-state index in [9.17, 15) is 14.4 Å². The summed E-state index contributed by atoms with van der Waals surface area (Å²) in [5.74, 6) is -1.18. The maximum absolute atomic E-state index is 13.1. The van der Waals surface area contributed by atoms with E-state index < -0.39 is 17.6 Å². The molecule has 0 aliphatic rings. The summed E-state index contributed by atoms with van der Waals surface area (Å²) in [5.41, 5.74) is -0.539. The molecular weight excluding hydrogens is 394 g/mol. The smallest absolute Gasteiger partial charge is 0.331 e. The molecule has 2 amide bonds. The topological polar surface area (TPSA) is 98.7 Å². The Morgan fingerprint density at radius 3 is 1.87 bits per heavy atom. The van der Waals surface area contributed by atoms with Gasteiger partial charge in [-0.25, -0.2) is 4.79 Å². The van der Waals surface area contributed by atoms with Gasteiger partial charge in [-0.1, -0.05) is 54.0 Å². The maximum atomic E-state index is 13.1. The van der Waals surface area contributed by atoms with E-state index >= 15 is 0 Å². The highest BCUT2D eigenvalue weighted by Crippen LogP contribution is 2.18. The number of nitrogens with one attached hydrogen (secondary N) is 2. The lowest BCUT2D eigenvalue weighted by molar-refractivity contribution is -0.138. The van der Waals surface area contributed by atoms with Gasteiger partial charge in [-0.15, -0.1) is 0 Å². The standard InChI is InChI=1S/C21H39N3O4.C3H8/c1-9-21(10-2,23-15(5)6)20(28)22-17(13-14(3)4)18(25)24(8)12-11-16(7)19(26)27;1-3-2/h11,14-15,17,23H,9-10,12-13H2,1-8H3,(H,22,28)(H,26,27);3H2,1-2H3/b16-11+;. The number of carbonyl (C=O) groups excluding carboxylic acids is 2. The van der Waals surface area contributed by atoms with Gasteiger partial charge in [-0.2, -0.15) is 0 Å². The summed E-state index contributed by atoms with van der Waals surface area (Å²) in [6.07, 6.45) is 4.50. The van der Waals surface area contributed by atoms with E-state index in [1.807, 2.05) is 41.5 Å². The van der Waals surface area contributed by atoms with Crippen molar-refractivity contribution in [1.29, 1.82) is 0 Å².